The van der Waals surface area contributed by atoms with Gasteiger partial charge in [0.25, 0.3) is 10.1 Å². The number of rotatable bonds is 27. The monoisotopic (exact) mass is 593 g/mol. The molecule has 0 aromatic rings. The minimum atomic E-state index is -4.35. The van der Waals surface area contributed by atoms with Crippen molar-refractivity contribution in [2.75, 3.05) is 5.75 Å². The molecule has 0 fully saturated rings. The van der Waals surface area contributed by atoms with Crippen LogP contribution in [0.15, 0.2) is 60.8 Å². The fourth-order valence-electron chi connectivity index (χ4n) is 4.30. The van der Waals surface area contributed by atoms with Crippen LogP contribution in [0.25, 0.3) is 0 Å². The second kappa shape index (κ2) is 28.2. The third-order valence-electron chi connectivity index (χ3n) is 6.68. The van der Waals surface area contributed by atoms with Crippen molar-refractivity contribution < 1.29 is 22.9 Å². The zero-order valence-corrected chi connectivity index (χ0v) is 26.7. The van der Waals surface area contributed by atoms with Crippen LogP contribution >= 0.6 is 0 Å². The SMILES string of the molecule is CC/C=C\C/C=C\C/C=C\CCCCCCCC(=O)NC(CS(=O)(=O)O)C(O)/C=C/CC/C=C/CCCCCCC. The minimum Gasteiger partial charge on any atom is -0.387 e. The van der Waals surface area contributed by atoms with Gasteiger partial charge in [-0.25, -0.2) is 0 Å². The van der Waals surface area contributed by atoms with Gasteiger partial charge in [-0.2, -0.15) is 8.42 Å². The highest BCUT2D eigenvalue weighted by atomic mass is 32.2. The zero-order valence-electron chi connectivity index (χ0n) is 25.9. The van der Waals surface area contributed by atoms with Gasteiger partial charge >= 0.3 is 0 Å². The van der Waals surface area contributed by atoms with Gasteiger partial charge in [0.2, 0.25) is 5.91 Å². The van der Waals surface area contributed by atoms with Crippen LogP contribution in [0.2, 0.25) is 0 Å². The Kier molecular flexibility index (Phi) is 26.8. The van der Waals surface area contributed by atoms with Crippen LogP contribution in [-0.4, -0.2) is 41.9 Å². The predicted molar refractivity (Wildman–Crippen MR) is 175 cm³/mol. The van der Waals surface area contributed by atoms with E-state index in [1.165, 1.54) is 38.2 Å². The maximum Gasteiger partial charge on any atom is 0.267 e. The molecule has 0 rings (SSSR count). The van der Waals surface area contributed by atoms with E-state index in [2.05, 4.69) is 67.8 Å². The van der Waals surface area contributed by atoms with Crippen LogP contribution in [0, 0.1) is 0 Å². The molecule has 1 amide bonds. The van der Waals surface area contributed by atoms with E-state index >= 15 is 0 Å². The van der Waals surface area contributed by atoms with Gasteiger partial charge in [-0.15, -0.1) is 0 Å². The molecule has 41 heavy (non-hydrogen) atoms. The molecule has 0 aromatic carbocycles. The summed E-state index contributed by atoms with van der Waals surface area (Å²) in [5, 5.41) is 13.1. The molecule has 0 heterocycles. The second-order valence-corrected chi connectivity index (χ2v) is 12.2. The smallest absolute Gasteiger partial charge is 0.267 e. The molecule has 0 aromatic heterocycles. The Balaban J connectivity index is 4.16. The Morgan fingerprint density at radius 1 is 0.683 bits per heavy atom. The summed E-state index contributed by atoms with van der Waals surface area (Å²) in [6, 6.07) is -1.08. The normalized spacial score (nSPS) is 14.3. The molecule has 3 N–H and O–H groups in total. The van der Waals surface area contributed by atoms with Crippen LogP contribution in [-0.2, 0) is 14.9 Å². The number of aliphatic hydroxyl groups excluding tert-OH is 1. The highest BCUT2D eigenvalue weighted by molar-refractivity contribution is 7.85. The van der Waals surface area contributed by atoms with Crippen LogP contribution < -0.4 is 5.32 Å². The Labute approximate surface area is 251 Å². The van der Waals surface area contributed by atoms with Gasteiger partial charge < -0.3 is 10.4 Å². The lowest BCUT2D eigenvalue weighted by atomic mass is 10.1. The first-order chi connectivity index (χ1) is 19.8. The summed E-state index contributed by atoms with van der Waals surface area (Å²) in [6.07, 6.45) is 37.7. The van der Waals surface area contributed by atoms with Crippen LogP contribution in [0.5, 0.6) is 0 Å². The summed E-state index contributed by atoms with van der Waals surface area (Å²) < 4.78 is 32.2. The van der Waals surface area contributed by atoms with Crippen molar-refractivity contribution in [3.63, 3.8) is 0 Å². The van der Waals surface area contributed by atoms with Gasteiger partial charge in [0, 0.05) is 6.42 Å². The third kappa shape index (κ3) is 29.3. The number of carbonyl (C=O) groups is 1. The maximum absolute atomic E-state index is 12.4. The van der Waals surface area contributed by atoms with Crippen molar-refractivity contribution in [3.05, 3.63) is 60.8 Å². The van der Waals surface area contributed by atoms with Gasteiger partial charge in [0.1, 0.15) is 0 Å². The molecule has 0 aliphatic heterocycles. The van der Waals surface area contributed by atoms with Crippen LogP contribution in [0.1, 0.15) is 129 Å². The highest BCUT2D eigenvalue weighted by Gasteiger charge is 2.24. The summed E-state index contributed by atoms with van der Waals surface area (Å²) in [7, 11) is -4.35. The van der Waals surface area contributed by atoms with Crippen molar-refractivity contribution in [1.29, 1.82) is 0 Å². The topological polar surface area (TPSA) is 104 Å². The zero-order chi connectivity index (χ0) is 30.4. The van der Waals surface area contributed by atoms with Crippen molar-refractivity contribution in [2.45, 2.75) is 142 Å². The number of hydrogen-bond acceptors (Lipinski definition) is 4. The molecule has 0 radical (unpaired) electrons. The Morgan fingerprint density at radius 3 is 1.83 bits per heavy atom. The summed E-state index contributed by atoms with van der Waals surface area (Å²) in [6.45, 7) is 4.34. The molecule has 0 spiro atoms. The van der Waals surface area contributed by atoms with Gasteiger partial charge in [-0.05, 0) is 64.2 Å². The summed E-state index contributed by atoms with van der Waals surface area (Å²) in [5.41, 5.74) is 0. The Bertz CT molecular complexity index is 874. The average Bonchev–Trinajstić information content (AvgIpc) is 2.92. The molecule has 0 aliphatic rings. The van der Waals surface area contributed by atoms with Gasteiger partial charge in [0.05, 0.1) is 17.9 Å². The van der Waals surface area contributed by atoms with Gasteiger partial charge in [-0.3, -0.25) is 9.35 Å². The number of nitrogens with one attached hydrogen (secondary N) is 1. The Morgan fingerprint density at radius 2 is 1.20 bits per heavy atom. The molecular formula is C34H59NO5S. The quantitative estimate of drug-likeness (QED) is 0.0503. The van der Waals surface area contributed by atoms with Crippen molar-refractivity contribution >= 4 is 16.0 Å². The molecule has 6 nitrogen and oxygen atoms in total. The fraction of sp³-hybridized carbons (Fsp3) is 0.676. The molecule has 2 unspecified atom stereocenters. The molecule has 0 saturated heterocycles. The molecule has 2 atom stereocenters. The van der Waals surface area contributed by atoms with E-state index in [1.807, 2.05) is 0 Å². The number of unbranched alkanes of at least 4 members (excludes halogenated alkanes) is 11. The highest BCUT2D eigenvalue weighted by Crippen LogP contribution is 2.10. The maximum atomic E-state index is 12.4. The second-order valence-electron chi connectivity index (χ2n) is 10.7. The van der Waals surface area contributed by atoms with Gasteiger partial charge in [-0.1, -0.05) is 120 Å². The van der Waals surface area contributed by atoms with Crippen molar-refractivity contribution in [2.24, 2.45) is 0 Å². The Hall–Kier alpha value is -1.96. The number of allylic oxidation sites excluding steroid dienone is 9. The lowest BCUT2D eigenvalue weighted by Gasteiger charge is -2.21. The molecule has 7 heteroatoms. The lowest BCUT2D eigenvalue weighted by molar-refractivity contribution is -0.122. The van der Waals surface area contributed by atoms with Crippen molar-refractivity contribution in [3.8, 4) is 0 Å². The van der Waals surface area contributed by atoms with E-state index in [4.69, 9.17) is 0 Å². The fourth-order valence-corrected chi connectivity index (χ4v) is 5.03. The molecule has 0 aliphatic carbocycles. The minimum absolute atomic E-state index is 0.265. The summed E-state index contributed by atoms with van der Waals surface area (Å²) in [4.78, 5) is 12.4. The summed E-state index contributed by atoms with van der Waals surface area (Å²) in [5.74, 6) is -1.03. The first-order valence-electron chi connectivity index (χ1n) is 16.0. The van der Waals surface area contributed by atoms with Crippen molar-refractivity contribution in [1.82, 2.24) is 5.32 Å². The molecule has 0 bridgehead atoms. The van der Waals surface area contributed by atoms with E-state index in [9.17, 15) is 22.9 Å². The lowest BCUT2D eigenvalue weighted by Crippen LogP contribution is -2.46. The standard InChI is InChI=1S/C34H59NO5S/c1-3-5-7-9-11-13-15-16-17-18-20-22-24-26-28-30-34(37)35-32(31-41(38,39)40)33(36)29-27-25-23-21-19-14-12-10-8-6-4-2/h5,7,11,13,16-17,19,21,27,29,32-33,36H,3-4,6,8-10,12,14-15,18,20,22-26,28,30-31H2,1-2H3,(H,35,37)(H,38,39,40)/b7-5-,13-11-,17-16-,21-19+,29-27+. The molecule has 236 valence electrons. The number of amides is 1. The third-order valence-corrected chi connectivity index (χ3v) is 7.46. The van der Waals surface area contributed by atoms with E-state index in [-0.39, 0.29) is 12.3 Å². The average molecular weight is 594 g/mol. The van der Waals surface area contributed by atoms with E-state index < -0.39 is 28.0 Å². The largest absolute Gasteiger partial charge is 0.387 e. The number of hydrogen-bond donors (Lipinski definition) is 3. The van der Waals surface area contributed by atoms with Crippen LogP contribution in [0.4, 0.5) is 0 Å². The van der Waals surface area contributed by atoms with Gasteiger partial charge in [0.15, 0.2) is 0 Å². The molecular weight excluding hydrogens is 534 g/mol. The number of aliphatic hydroxyl groups is 1. The van der Waals surface area contributed by atoms with E-state index in [0.29, 0.717) is 12.8 Å². The van der Waals surface area contributed by atoms with E-state index in [1.54, 1.807) is 6.08 Å². The first-order valence-corrected chi connectivity index (χ1v) is 17.6. The first kappa shape index (κ1) is 39.0. The predicted octanol–water partition coefficient (Wildman–Crippen LogP) is 8.56. The molecule has 0 saturated carbocycles. The van der Waals surface area contributed by atoms with Crippen LogP contribution in [0.3, 0.4) is 0 Å². The summed E-state index contributed by atoms with van der Waals surface area (Å²) >= 11 is 0. The van der Waals surface area contributed by atoms with E-state index in [0.717, 1.165) is 64.2 Å². The number of carbonyl (C=O) groups excluding carboxylic acids is 1.